The summed E-state index contributed by atoms with van der Waals surface area (Å²) in [5.41, 5.74) is 6.94. The lowest BCUT2D eigenvalue weighted by Crippen LogP contribution is -1.85. The highest BCUT2D eigenvalue weighted by Crippen LogP contribution is 2.30. The zero-order chi connectivity index (χ0) is 17.1. The van der Waals surface area contributed by atoms with Gasteiger partial charge in [0.05, 0.1) is 5.69 Å². The van der Waals surface area contributed by atoms with Crippen molar-refractivity contribution in [2.24, 2.45) is 0 Å². The van der Waals surface area contributed by atoms with Crippen LogP contribution < -0.4 is 0 Å². The van der Waals surface area contributed by atoms with E-state index in [1.54, 1.807) is 0 Å². The first-order valence-electron chi connectivity index (χ1n) is 8.17. The quantitative estimate of drug-likeness (QED) is 0.375. The van der Waals surface area contributed by atoms with E-state index in [4.69, 9.17) is 0 Å². The molecule has 1 nitrogen and oxygen atoms in total. The molecule has 2 heteroatoms. The highest BCUT2D eigenvalue weighted by molar-refractivity contribution is 9.10. The van der Waals surface area contributed by atoms with Crippen molar-refractivity contribution in [3.05, 3.63) is 102 Å². The second kappa shape index (κ2) is 7.04. The summed E-state index contributed by atoms with van der Waals surface area (Å²) in [6.07, 6.45) is 1.83. The van der Waals surface area contributed by atoms with E-state index < -0.39 is 0 Å². The summed E-state index contributed by atoms with van der Waals surface area (Å²) in [6.45, 7) is 0. The Bertz CT molecular complexity index is 1010. The smallest absolute Gasteiger partial charge is 0.0702 e. The molecule has 0 bridgehead atoms. The molecule has 0 saturated carbocycles. The zero-order valence-corrected chi connectivity index (χ0v) is 15.1. The van der Waals surface area contributed by atoms with Crippen molar-refractivity contribution >= 4 is 15.9 Å². The zero-order valence-electron chi connectivity index (χ0n) is 13.6. The van der Waals surface area contributed by atoms with Crippen LogP contribution in [0.25, 0.3) is 33.5 Å². The van der Waals surface area contributed by atoms with Crippen LogP contribution in [0.4, 0.5) is 0 Å². The standard InChI is InChI=1S/C23H16BrN/c24-22-11-5-9-20(16-22)18-7-3-6-17(14-18)19-8-4-10-21(15-19)23-12-1-2-13-25-23/h1-16H. The minimum atomic E-state index is 0.993. The molecule has 0 amide bonds. The average Bonchev–Trinajstić information content (AvgIpc) is 2.69. The first kappa shape index (κ1) is 15.8. The Hall–Kier alpha value is -2.71. The average molecular weight is 386 g/mol. The molecule has 1 aromatic heterocycles. The van der Waals surface area contributed by atoms with Gasteiger partial charge in [-0.15, -0.1) is 0 Å². The van der Waals surface area contributed by atoms with Crippen molar-refractivity contribution in [2.75, 3.05) is 0 Å². The highest BCUT2D eigenvalue weighted by atomic mass is 79.9. The molecular formula is C23H16BrN. The maximum atomic E-state index is 4.45. The van der Waals surface area contributed by atoms with Gasteiger partial charge in [0.25, 0.3) is 0 Å². The molecule has 0 N–H and O–H groups in total. The fourth-order valence-electron chi connectivity index (χ4n) is 2.94. The molecule has 0 unspecified atom stereocenters. The van der Waals surface area contributed by atoms with Crippen LogP contribution in [0.15, 0.2) is 102 Å². The predicted octanol–water partition coefficient (Wildman–Crippen LogP) is 6.85. The lowest BCUT2D eigenvalue weighted by Gasteiger charge is -2.08. The van der Waals surface area contributed by atoms with Gasteiger partial charge in [-0.1, -0.05) is 70.5 Å². The van der Waals surface area contributed by atoms with E-state index in [1.165, 1.54) is 22.3 Å². The minimum absolute atomic E-state index is 0.993. The number of hydrogen-bond acceptors (Lipinski definition) is 1. The summed E-state index contributed by atoms with van der Waals surface area (Å²) in [5.74, 6) is 0. The minimum Gasteiger partial charge on any atom is -0.256 e. The van der Waals surface area contributed by atoms with Gasteiger partial charge in [0, 0.05) is 16.2 Å². The molecule has 0 radical (unpaired) electrons. The Kier molecular flexibility index (Phi) is 4.45. The Balaban J connectivity index is 1.75. The van der Waals surface area contributed by atoms with E-state index in [2.05, 4.69) is 87.6 Å². The molecule has 4 aromatic rings. The van der Waals surface area contributed by atoms with Gasteiger partial charge in [0.1, 0.15) is 0 Å². The highest BCUT2D eigenvalue weighted by Gasteiger charge is 2.05. The maximum absolute atomic E-state index is 4.45. The van der Waals surface area contributed by atoms with Crippen molar-refractivity contribution in [3.63, 3.8) is 0 Å². The van der Waals surface area contributed by atoms with Crippen LogP contribution in [0, 0.1) is 0 Å². The van der Waals surface area contributed by atoms with Gasteiger partial charge in [-0.3, -0.25) is 4.98 Å². The van der Waals surface area contributed by atoms with Gasteiger partial charge >= 0.3 is 0 Å². The Morgan fingerprint density at radius 2 is 1.08 bits per heavy atom. The van der Waals surface area contributed by atoms with Crippen molar-refractivity contribution in [1.29, 1.82) is 0 Å². The third-order valence-corrected chi connectivity index (χ3v) is 4.67. The second-order valence-corrected chi connectivity index (χ2v) is 6.80. The number of benzene rings is 3. The molecule has 25 heavy (non-hydrogen) atoms. The van der Waals surface area contributed by atoms with Crippen molar-refractivity contribution in [1.82, 2.24) is 4.98 Å². The molecule has 4 rings (SSSR count). The first-order chi connectivity index (χ1) is 12.3. The van der Waals surface area contributed by atoms with E-state index in [9.17, 15) is 0 Å². The summed E-state index contributed by atoms with van der Waals surface area (Å²) in [6, 6.07) is 31.6. The topological polar surface area (TPSA) is 12.9 Å². The molecule has 0 aliphatic rings. The molecule has 0 aliphatic heterocycles. The molecule has 0 aliphatic carbocycles. The van der Waals surface area contributed by atoms with E-state index in [-0.39, 0.29) is 0 Å². The fraction of sp³-hybridized carbons (Fsp3) is 0. The first-order valence-corrected chi connectivity index (χ1v) is 8.97. The van der Waals surface area contributed by atoms with Gasteiger partial charge < -0.3 is 0 Å². The summed E-state index contributed by atoms with van der Waals surface area (Å²) in [7, 11) is 0. The SMILES string of the molecule is Brc1cccc(-c2cccc(-c3cccc(-c4ccccn4)c3)c2)c1. The maximum Gasteiger partial charge on any atom is 0.0702 e. The van der Waals surface area contributed by atoms with E-state index in [1.807, 2.05) is 30.5 Å². The molecule has 0 atom stereocenters. The predicted molar refractivity (Wildman–Crippen MR) is 108 cm³/mol. The number of hydrogen-bond donors (Lipinski definition) is 0. The number of pyridine rings is 1. The van der Waals surface area contributed by atoms with Crippen LogP contribution in [-0.4, -0.2) is 4.98 Å². The van der Waals surface area contributed by atoms with E-state index >= 15 is 0 Å². The number of rotatable bonds is 3. The van der Waals surface area contributed by atoms with Crippen LogP contribution in [0.5, 0.6) is 0 Å². The number of nitrogens with zero attached hydrogens (tertiary/aromatic N) is 1. The Morgan fingerprint density at radius 1 is 0.520 bits per heavy atom. The van der Waals surface area contributed by atoms with E-state index in [0.29, 0.717) is 0 Å². The normalized spacial score (nSPS) is 10.6. The van der Waals surface area contributed by atoms with Crippen molar-refractivity contribution in [3.8, 4) is 33.5 Å². The summed E-state index contributed by atoms with van der Waals surface area (Å²) < 4.78 is 1.09. The summed E-state index contributed by atoms with van der Waals surface area (Å²) >= 11 is 3.55. The van der Waals surface area contributed by atoms with Gasteiger partial charge in [0.2, 0.25) is 0 Å². The lowest BCUT2D eigenvalue weighted by atomic mass is 9.97. The fourth-order valence-corrected chi connectivity index (χ4v) is 3.34. The van der Waals surface area contributed by atoms with Crippen LogP contribution in [0.2, 0.25) is 0 Å². The van der Waals surface area contributed by atoms with Crippen LogP contribution in [0.1, 0.15) is 0 Å². The molecule has 1 heterocycles. The van der Waals surface area contributed by atoms with Gasteiger partial charge in [-0.2, -0.15) is 0 Å². The lowest BCUT2D eigenvalue weighted by molar-refractivity contribution is 1.33. The number of aromatic nitrogens is 1. The molecular weight excluding hydrogens is 370 g/mol. The van der Waals surface area contributed by atoms with Crippen molar-refractivity contribution in [2.45, 2.75) is 0 Å². The van der Waals surface area contributed by atoms with Crippen LogP contribution in [0.3, 0.4) is 0 Å². The third-order valence-electron chi connectivity index (χ3n) is 4.18. The van der Waals surface area contributed by atoms with E-state index in [0.717, 1.165) is 15.7 Å². The molecule has 0 fully saturated rings. The summed E-state index contributed by atoms with van der Waals surface area (Å²) in [4.78, 5) is 4.45. The van der Waals surface area contributed by atoms with Crippen LogP contribution in [-0.2, 0) is 0 Å². The van der Waals surface area contributed by atoms with Crippen LogP contribution >= 0.6 is 15.9 Å². The summed E-state index contributed by atoms with van der Waals surface area (Å²) in [5, 5.41) is 0. The van der Waals surface area contributed by atoms with Gasteiger partial charge in [-0.25, -0.2) is 0 Å². The molecule has 0 saturated heterocycles. The monoisotopic (exact) mass is 385 g/mol. The molecule has 3 aromatic carbocycles. The van der Waals surface area contributed by atoms with Crippen molar-refractivity contribution < 1.29 is 0 Å². The Morgan fingerprint density at radius 3 is 1.68 bits per heavy atom. The largest absolute Gasteiger partial charge is 0.256 e. The second-order valence-electron chi connectivity index (χ2n) is 5.89. The third kappa shape index (κ3) is 3.54. The van der Waals surface area contributed by atoms with Gasteiger partial charge in [-0.05, 0) is 58.7 Å². The number of halogens is 1. The van der Waals surface area contributed by atoms with Gasteiger partial charge in [0.15, 0.2) is 0 Å². The Labute approximate surface area is 156 Å². The molecule has 0 spiro atoms. The molecule has 120 valence electrons.